The standard InChI is InChI=1S/C17H15NO3/c1-10-3-4-16(15(5-10)9-18)13-6-12(11(2)19)7-14(8-13)17(20)21/h3-8,11,19H,1-2H3,(H,20,21). The summed E-state index contributed by atoms with van der Waals surface area (Å²) in [6.07, 6.45) is -0.779. The number of carbonyl (C=O) groups is 1. The molecule has 1 atom stereocenters. The first-order valence-electron chi connectivity index (χ1n) is 6.50. The SMILES string of the molecule is Cc1ccc(-c2cc(C(=O)O)cc(C(C)O)c2)c(C#N)c1. The number of hydrogen-bond acceptors (Lipinski definition) is 3. The highest BCUT2D eigenvalue weighted by molar-refractivity contribution is 5.90. The van der Waals surface area contributed by atoms with Gasteiger partial charge in [-0.1, -0.05) is 12.1 Å². The van der Waals surface area contributed by atoms with Gasteiger partial charge >= 0.3 is 5.97 Å². The van der Waals surface area contributed by atoms with Gasteiger partial charge in [-0.15, -0.1) is 0 Å². The Morgan fingerprint density at radius 3 is 2.52 bits per heavy atom. The Bertz CT molecular complexity index is 742. The Labute approximate surface area is 122 Å². The van der Waals surface area contributed by atoms with Gasteiger partial charge in [-0.05, 0) is 60.4 Å². The van der Waals surface area contributed by atoms with Crippen LogP contribution in [-0.4, -0.2) is 16.2 Å². The second kappa shape index (κ2) is 5.78. The first-order chi connectivity index (χ1) is 9.92. The molecule has 0 fully saturated rings. The van der Waals surface area contributed by atoms with Crippen molar-refractivity contribution in [1.82, 2.24) is 0 Å². The second-order valence-corrected chi connectivity index (χ2v) is 4.99. The Kier molecular flexibility index (Phi) is 4.06. The lowest BCUT2D eigenvalue weighted by atomic mass is 9.94. The molecule has 2 rings (SSSR count). The zero-order valence-corrected chi connectivity index (χ0v) is 11.8. The Hall–Kier alpha value is -2.64. The summed E-state index contributed by atoms with van der Waals surface area (Å²) in [7, 11) is 0. The number of aryl methyl sites for hydroxylation is 1. The summed E-state index contributed by atoms with van der Waals surface area (Å²) in [4.78, 5) is 11.2. The molecule has 2 N–H and O–H groups in total. The van der Waals surface area contributed by atoms with Crippen LogP contribution in [0.1, 0.15) is 40.1 Å². The maximum Gasteiger partial charge on any atom is 0.335 e. The van der Waals surface area contributed by atoms with Gasteiger partial charge in [0.2, 0.25) is 0 Å². The molecule has 0 radical (unpaired) electrons. The van der Waals surface area contributed by atoms with Crippen LogP contribution in [0.5, 0.6) is 0 Å². The van der Waals surface area contributed by atoms with Gasteiger partial charge in [0.25, 0.3) is 0 Å². The normalized spacial score (nSPS) is 11.7. The number of rotatable bonds is 3. The predicted octanol–water partition coefficient (Wildman–Crippen LogP) is 3.29. The van der Waals surface area contributed by atoms with E-state index in [1.807, 2.05) is 13.0 Å². The van der Waals surface area contributed by atoms with Crippen molar-refractivity contribution >= 4 is 5.97 Å². The van der Waals surface area contributed by atoms with Crippen molar-refractivity contribution in [3.63, 3.8) is 0 Å². The molecule has 2 aromatic rings. The molecular weight excluding hydrogens is 266 g/mol. The van der Waals surface area contributed by atoms with Crippen LogP contribution in [-0.2, 0) is 0 Å². The van der Waals surface area contributed by atoms with E-state index in [1.54, 1.807) is 25.1 Å². The van der Waals surface area contributed by atoms with Gasteiger partial charge < -0.3 is 10.2 Å². The van der Waals surface area contributed by atoms with Gasteiger partial charge in [-0.2, -0.15) is 5.26 Å². The van der Waals surface area contributed by atoms with E-state index in [0.29, 0.717) is 22.3 Å². The second-order valence-electron chi connectivity index (χ2n) is 4.99. The molecule has 0 aliphatic rings. The van der Waals surface area contributed by atoms with Crippen molar-refractivity contribution in [1.29, 1.82) is 5.26 Å². The maximum absolute atomic E-state index is 11.2. The smallest absolute Gasteiger partial charge is 0.335 e. The fraction of sp³-hybridized carbons (Fsp3) is 0.176. The number of nitrogens with zero attached hydrogens (tertiary/aromatic N) is 1. The van der Waals surface area contributed by atoms with Gasteiger partial charge in [0.15, 0.2) is 0 Å². The van der Waals surface area contributed by atoms with Crippen LogP contribution in [0.2, 0.25) is 0 Å². The highest BCUT2D eigenvalue weighted by Crippen LogP contribution is 2.28. The fourth-order valence-electron chi connectivity index (χ4n) is 2.17. The summed E-state index contributed by atoms with van der Waals surface area (Å²) in [6.45, 7) is 3.46. The molecule has 0 aromatic heterocycles. The molecule has 4 heteroatoms. The lowest BCUT2D eigenvalue weighted by Crippen LogP contribution is -2.01. The van der Waals surface area contributed by atoms with Crippen LogP contribution in [0.15, 0.2) is 36.4 Å². The minimum absolute atomic E-state index is 0.0906. The fourth-order valence-corrected chi connectivity index (χ4v) is 2.17. The summed E-state index contributed by atoms with van der Waals surface area (Å²) in [6, 6.07) is 12.2. The minimum Gasteiger partial charge on any atom is -0.478 e. The third kappa shape index (κ3) is 3.10. The van der Waals surface area contributed by atoms with Crippen molar-refractivity contribution in [3.05, 3.63) is 58.7 Å². The Balaban J connectivity index is 2.69. The molecule has 106 valence electrons. The largest absolute Gasteiger partial charge is 0.478 e. The van der Waals surface area contributed by atoms with E-state index in [9.17, 15) is 20.3 Å². The average molecular weight is 281 g/mol. The monoisotopic (exact) mass is 281 g/mol. The molecule has 1 unspecified atom stereocenters. The predicted molar refractivity (Wildman–Crippen MR) is 78.9 cm³/mol. The Morgan fingerprint density at radius 2 is 1.95 bits per heavy atom. The van der Waals surface area contributed by atoms with Gasteiger partial charge in [0.05, 0.1) is 23.3 Å². The van der Waals surface area contributed by atoms with Crippen molar-refractivity contribution in [2.24, 2.45) is 0 Å². The van der Waals surface area contributed by atoms with Gasteiger partial charge in [-0.25, -0.2) is 4.79 Å². The van der Waals surface area contributed by atoms with Gasteiger partial charge in [0, 0.05) is 0 Å². The third-order valence-corrected chi connectivity index (χ3v) is 3.29. The molecule has 0 amide bonds. The summed E-state index contributed by atoms with van der Waals surface area (Å²) < 4.78 is 0. The topological polar surface area (TPSA) is 81.3 Å². The first kappa shape index (κ1) is 14.8. The first-order valence-corrected chi connectivity index (χ1v) is 6.50. The molecule has 21 heavy (non-hydrogen) atoms. The summed E-state index contributed by atoms with van der Waals surface area (Å²) >= 11 is 0. The van der Waals surface area contributed by atoms with Crippen molar-refractivity contribution < 1.29 is 15.0 Å². The molecular formula is C17H15NO3. The van der Waals surface area contributed by atoms with E-state index in [0.717, 1.165) is 5.56 Å². The zero-order chi connectivity index (χ0) is 15.6. The van der Waals surface area contributed by atoms with Crippen molar-refractivity contribution in [3.8, 4) is 17.2 Å². The van der Waals surface area contributed by atoms with E-state index in [-0.39, 0.29) is 5.56 Å². The number of carboxylic acids is 1. The zero-order valence-electron chi connectivity index (χ0n) is 11.8. The van der Waals surface area contributed by atoms with Crippen LogP contribution in [0, 0.1) is 18.3 Å². The number of nitriles is 1. The lowest BCUT2D eigenvalue weighted by molar-refractivity contribution is 0.0696. The van der Waals surface area contributed by atoms with E-state index in [1.165, 1.54) is 12.1 Å². The molecule has 4 nitrogen and oxygen atoms in total. The van der Waals surface area contributed by atoms with E-state index in [4.69, 9.17) is 0 Å². The van der Waals surface area contributed by atoms with Crippen molar-refractivity contribution in [2.45, 2.75) is 20.0 Å². The van der Waals surface area contributed by atoms with Gasteiger partial charge in [-0.3, -0.25) is 0 Å². The number of hydrogen-bond donors (Lipinski definition) is 2. The molecule has 0 spiro atoms. The number of aliphatic hydroxyl groups excluding tert-OH is 1. The maximum atomic E-state index is 11.2. The molecule has 0 heterocycles. The molecule has 0 aliphatic heterocycles. The molecule has 2 aromatic carbocycles. The molecule has 0 saturated heterocycles. The van der Waals surface area contributed by atoms with Crippen LogP contribution >= 0.6 is 0 Å². The molecule has 0 saturated carbocycles. The number of carboxylic acid groups (broad SMARTS) is 1. The highest BCUT2D eigenvalue weighted by Gasteiger charge is 2.13. The molecule has 0 bridgehead atoms. The van der Waals surface area contributed by atoms with Gasteiger partial charge in [0.1, 0.15) is 0 Å². The third-order valence-electron chi connectivity index (χ3n) is 3.29. The average Bonchev–Trinajstić information content (AvgIpc) is 2.46. The number of benzene rings is 2. The lowest BCUT2D eigenvalue weighted by Gasteiger charge is -2.11. The summed E-state index contributed by atoms with van der Waals surface area (Å²) in [5.41, 5.74) is 3.31. The summed E-state index contributed by atoms with van der Waals surface area (Å²) in [5.74, 6) is -1.07. The molecule has 0 aliphatic carbocycles. The quantitative estimate of drug-likeness (QED) is 0.904. The number of aromatic carboxylic acids is 1. The van der Waals surface area contributed by atoms with Crippen LogP contribution in [0.25, 0.3) is 11.1 Å². The van der Waals surface area contributed by atoms with E-state index < -0.39 is 12.1 Å². The van der Waals surface area contributed by atoms with Crippen molar-refractivity contribution in [2.75, 3.05) is 0 Å². The highest BCUT2D eigenvalue weighted by atomic mass is 16.4. The summed E-state index contributed by atoms with van der Waals surface area (Å²) in [5, 5.41) is 28.1. The minimum atomic E-state index is -1.07. The number of aliphatic hydroxyl groups is 1. The Morgan fingerprint density at radius 1 is 1.24 bits per heavy atom. The van der Waals surface area contributed by atoms with Crippen LogP contribution in [0.3, 0.4) is 0 Å². The van der Waals surface area contributed by atoms with Crippen LogP contribution in [0.4, 0.5) is 0 Å². The van der Waals surface area contributed by atoms with Crippen LogP contribution < -0.4 is 0 Å². The van der Waals surface area contributed by atoms with E-state index in [2.05, 4.69) is 6.07 Å². The van der Waals surface area contributed by atoms with E-state index >= 15 is 0 Å².